The normalized spacial score (nSPS) is 17.2. The molecule has 0 aromatic heterocycles. The largest absolute Gasteiger partial charge is 0.474 e. The molecular weight excluding hydrogens is 354 g/mol. The highest BCUT2D eigenvalue weighted by Crippen LogP contribution is 2.34. The van der Waals surface area contributed by atoms with Gasteiger partial charge in [-0.15, -0.1) is 0 Å². The molecule has 0 amide bonds. The van der Waals surface area contributed by atoms with Crippen LogP contribution >= 0.6 is 0 Å². The molecule has 0 N–H and O–H groups in total. The van der Waals surface area contributed by atoms with Crippen LogP contribution in [0.1, 0.15) is 72.8 Å². The first kappa shape index (κ1) is 23.3. The highest BCUT2D eigenvalue weighted by Gasteiger charge is 2.23. The SMILES string of the molecule is CCC=C(OCc1ccccc1)N1CC=C(C(C)/C(=C\CC)CC(C)(C)C)CC1. The summed E-state index contributed by atoms with van der Waals surface area (Å²) in [5, 5.41) is 0. The zero-order chi connectivity index (χ0) is 21.3. The van der Waals surface area contributed by atoms with Crippen LogP contribution in [0.3, 0.4) is 0 Å². The monoisotopic (exact) mass is 395 g/mol. The van der Waals surface area contributed by atoms with Gasteiger partial charge < -0.3 is 9.64 Å². The van der Waals surface area contributed by atoms with Crippen LogP contribution in [-0.2, 0) is 11.3 Å². The van der Waals surface area contributed by atoms with Crippen molar-refractivity contribution in [1.82, 2.24) is 4.90 Å². The van der Waals surface area contributed by atoms with Crippen LogP contribution in [0.2, 0.25) is 0 Å². The van der Waals surface area contributed by atoms with Gasteiger partial charge in [-0.1, -0.05) is 95.2 Å². The van der Waals surface area contributed by atoms with Gasteiger partial charge >= 0.3 is 0 Å². The van der Waals surface area contributed by atoms with Crippen LogP contribution in [0.5, 0.6) is 0 Å². The Balaban J connectivity index is 2.02. The molecule has 1 unspecified atom stereocenters. The van der Waals surface area contributed by atoms with E-state index >= 15 is 0 Å². The third-order valence-electron chi connectivity index (χ3n) is 5.48. The summed E-state index contributed by atoms with van der Waals surface area (Å²) in [5.41, 5.74) is 4.74. The van der Waals surface area contributed by atoms with Crippen LogP contribution in [0.4, 0.5) is 0 Å². The van der Waals surface area contributed by atoms with Crippen LogP contribution < -0.4 is 0 Å². The fourth-order valence-electron chi connectivity index (χ4n) is 3.98. The van der Waals surface area contributed by atoms with Gasteiger partial charge in [0.05, 0.1) is 0 Å². The highest BCUT2D eigenvalue weighted by molar-refractivity contribution is 5.24. The lowest BCUT2D eigenvalue weighted by Crippen LogP contribution is -2.31. The number of hydrogen-bond acceptors (Lipinski definition) is 2. The number of benzene rings is 1. The second kappa shape index (κ2) is 11.3. The molecule has 2 rings (SSSR count). The summed E-state index contributed by atoms with van der Waals surface area (Å²) in [6.45, 7) is 16.4. The van der Waals surface area contributed by atoms with Crippen LogP contribution in [-0.4, -0.2) is 18.0 Å². The maximum absolute atomic E-state index is 6.20. The molecule has 0 spiro atoms. The summed E-state index contributed by atoms with van der Waals surface area (Å²) in [4.78, 5) is 2.38. The molecule has 0 saturated carbocycles. The van der Waals surface area contributed by atoms with E-state index in [1.807, 2.05) is 6.07 Å². The standard InChI is InChI=1S/C27H41NO/c1-7-12-25(20-27(4,5)6)22(3)24-16-18-28(19-17-24)26(13-8-2)29-21-23-14-10-9-11-15-23/h9-16,22H,7-8,17-21H2,1-6H3/b25-12-,26-13?. The molecule has 1 atom stereocenters. The van der Waals surface area contributed by atoms with Crippen molar-refractivity contribution in [2.75, 3.05) is 13.1 Å². The van der Waals surface area contributed by atoms with Gasteiger partial charge in [-0.25, -0.2) is 0 Å². The second-order valence-corrected chi connectivity index (χ2v) is 9.35. The van der Waals surface area contributed by atoms with Crippen LogP contribution in [0, 0.1) is 11.3 Å². The van der Waals surface area contributed by atoms with Crippen molar-refractivity contribution in [3.05, 3.63) is 71.2 Å². The van der Waals surface area contributed by atoms with Gasteiger partial charge in [-0.2, -0.15) is 0 Å². The lowest BCUT2D eigenvalue weighted by Gasteiger charge is -2.33. The Kier molecular flexibility index (Phi) is 9.07. The smallest absolute Gasteiger partial charge is 0.185 e. The quantitative estimate of drug-likeness (QED) is 0.317. The summed E-state index contributed by atoms with van der Waals surface area (Å²) in [6.07, 6.45) is 11.5. The number of allylic oxidation sites excluding steroid dienone is 3. The van der Waals surface area contributed by atoms with Crippen molar-refractivity contribution in [3.8, 4) is 0 Å². The molecule has 1 aromatic rings. The summed E-state index contributed by atoms with van der Waals surface area (Å²) in [7, 11) is 0. The van der Waals surface area contributed by atoms with Gasteiger partial charge in [-0.05, 0) is 48.7 Å². The van der Waals surface area contributed by atoms with Gasteiger partial charge in [0, 0.05) is 13.1 Å². The van der Waals surface area contributed by atoms with Crippen molar-refractivity contribution in [2.45, 2.75) is 73.8 Å². The van der Waals surface area contributed by atoms with Crippen molar-refractivity contribution < 1.29 is 4.74 Å². The summed E-state index contributed by atoms with van der Waals surface area (Å²) in [6, 6.07) is 10.4. The zero-order valence-corrected chi connectivity index (χ0v) is 19.5. The molecule has 1 aliphatic heterocycles. The molecule has 0 radical (unpaired) electrons. The van der Waals surface area contributed by atoms with Crippen molar-refractivity contribution in [3.63, 3.8) is 0 Å². The van der Waals surface area contributed by atoms with Crippen molar-refractivity contribution >= 4 is 0 Å². The third-order valence-corrected chi connectivity index (χ3v) is 5.48. The average Bonchev–Trinajstić information content (AvgIpc) is 2.70. The third kappa shape index (κ3) is 7.76. The molecule has 1 aliphatic rings. The molecule has 0 fully saturated rings. The second-order valence-electron chi connectivity index (χ2n) is 9.35. The van der Waals surface area contributed by atoms with Gasteiger partial charge in [0.2, 0.25) is 0 Å². The minimum absolute atomic E-state index is 0.332. The number of ether oxygens (including phenoxy) is 1. The van der Waals surface area contributed by atoms with E-state index in [2.05, 4.69) is 88.9 Å². The van der Waals surface area contributed by atoms with E-state index in [4.69, 9.17) is 4.74 Å². The van der Waals surface area contributed by atoms with E-state index < -0.39 is 0 Å². The van der Waals surface area contributed by atoms with E-state index in [0.29, 0.717) is 17.9 Å². The molecule has 1 heterocycles. The van der Waals surface area contributed by atoms with Gasteiger partial charge in [0.25, 0.3) is 0 Å². The first-order chi connectivity index (χ1) is 13.8. The first-order valence-corrected chi connectivity index (χ1v) is 11.3. The Morgan fingerprint density at radius 1 is 1.10 bits per heavy atom. The van der Waals surface area contributed by atoms with Gasteiger partial charge in [-0.3, -0.25) is 0 Å². The van der Waals surface area contributed by atoms with E-state index in [0.717, 1.165) is 38.2 Å². The van der Waals surface area contributed by atoms with E-state index in [9.17, 15) is 0 Å². The minimum atomic E-state index is 0.332. The van der Waals surface area contributed by atoms with Gasteiger partial charge in [0.15, 0.2) is 5.88 Å². The Labute approximate surface area is 179 Å². The molecular formula is C27H41NO. The number of nitrogens with zero attached hydrogens (tertiary/aromatic N) is 1. The fraction of sp³-hybridized carbons (Fsp3) is 0.556. The van der Waals surface area contributed by atoms with Gasteiger partial charge in [0.1, 0.15) is 6.61 Å². The van der Waals surface area contributed by atoms with Crippen molar-refractivity contribution in [2.24, 2.45) is 11.3 Å². The molecule has 0 saturated heterocycles. The fourth-order valence-corrected chi connectivity index (χ4v) is 3.98. The average molecular weight is 396 g/mol. The molecule has 2 heteroatoms. The molecule has 160 valence electrons. The predicted octanol–water partition coefficient (Wildman–Crippen LogP) is 7.50. The number of hydrogen-bond donors (Lipinski definition) is 0. The molecule has 0 aliphatic carbocycles. The summed E-state index contributed by atoms with van der Waals surface area (Å²) in [5.74, 6) is 1.57. The lowest BCUT2D eigenvalue weighted by atomic mass is 9.79. The van der Waals surface area contributed by atoms with Crippen molar-refractivity contribution in [1.29, 1.82) is 0 Å². The first-order valence-electron chi connectivity index (χ1n) is 11.3. The maximum Gasteiger partial charge on any atom is 0.185 e. The minimum Gasteiger partial charge on any atom is -0.474 e. The lowest BCUT2D eigenvalue weighted by molar-refractivity contribution is 0.104. The Morgan fingerprint density at radius 3 is 2.34 bits per heavy atom. The Hall–Kier alpha value is -1.96. The van der Waals surface area contributed by atoms with Crippen LogP contribution in [0.15, 0.2) is 65.6 Å². The maximum atomic E-state index is 6.20. The molecule has 2 nitrogen and oxygen atoms in total. The number of rotatable bonds is 9. The van der Waals surface area contributed by atoms with E-state index in [-0.39, 0.29) is 0 Å². The Morgan fingerprint density at radius 2 is 1.79 bits per heavy atom. The topological polar surface area (TPSA) is 12.5 Å². The molecule has 0 bridgehead atoms. The van der Waals surface area contributed by atoms with E-state index in [1.165, 1.54) is 12.0 Å². The van der Waals surface area contributed by atoms with E-state index in [1.54, 1.807) is 11.1 Å². The summed E-state index contributed by atoms with van der Waals surface area (Å²) < 4.78 is 6.20. The Bertz CT molecular complexity index is 706. The molecule has 29 heavy (non-hydrogen) atoms. The highest BCUT2D eigenvalue weighted by atomic mass is 16.5. The molecule has 1 aromatic carbocycles. The zero-order valence-electron chi connectivity index (χ0n) is 19.5. The summed E-state index contributed by atoms with van der Waals surface area (Å²) >= 11 is 0. The predicted molar refractivity (Wildman–Crippen MR) is 125 cm³/mol. The van der Waals surface area contributed by atoms with Crippen LogP contribution in [0.25, 0.3) is 0 Å².